The molecule has 8 heteroatoms. The van der Waals surface area contributed by atoms with Crippen LogP contribution in [-0.2, 0) is 0 Å². The Morgan fingerprint density at radius 1 is 0.606 bits per heavy atom. The Hall–Kier alpha value is -4.04. The fourth-order valence-electron chi connectivity index (χ4n) is 3.25. The Morgan fingerprint density at radius 2 is 1.24 bits per heavy atom. The van der Waals surface area contributed by atoms with Crippen LogP contribution in [0, 0.1) is 52.8 Å². The smallest absolute Gasteiger partial charge is 0.206 e. The fraction of sp³-hybridized carbons (Fsp3) is 0.0400. The van der Waals surface area contributed by atoms with Crippen LogP contribution >= 0.6 is 0 Å². The van der Waals surface area contributed by atoms with Crippen LogP contribution in [0.5, 0.6) is 0 Å². The van der Waals surface area contributed by atoms with E-state index in [-0.39, 0.29) is 16.3 Å². The van der Waals surface area contributed by atoms with Crippen molar-refractivity contribution in [2.75, 3.05) is 0 Å². The van der Waals surface area contributed by atoms with Gasteiger partial charge in [-0.1, -0.05) is 42.0 Å². The predicted octanol–water partition coefficient (Wildman–Crippen LogP) is 7.00. The first-order valence-corrected chi connectivity index (χ1v) is 9.15. The van der Waals surface area contributed by atoms with Gasteiger partial charge in [-0.3, -0.25) is 0 Å². The van der Waals surface area contributed by atoms with Crippen LogP contribution in [-0.4, -0.2) is 6.18 Å². The Balaban J connectivity index is 1.83. The molecule has 0 N–H and O–H groups in total. The second-order valence-electron chi connectivity index (χ2n) is 6.87. The first kappa shape index (κ1) is 22.2. The molecule has 0 saturated carbocycles. The number of benzene rings is 4. The molecule has 33 heavy (non-hydrogen) atoms. The van der Waals surface area contributed by atoms with Crippen LogP contribution in [0.2, 0.25) is 0 Å². The van der Waals surface area contributed by atoms with E-state index in [9.17, 15) is 35.1 Å². The Kier molecular flexibility index (Phi) is 5.47. The van der Waals surface area contributed by atoms with Gasteiger partial charge in [0.1, 0.15) is 23.3 Å². The lowest BCUT2D eigenvalue weighted by Crippen LogP contribution is -2.03. The minimum absolute atomic E-state index is 0.115. The monoisotopic (exact) mass is 460 g/mol. The summed E-state index contributed by atoms with van der Waals surface area (Å²) in [5, 5.41) is -0.725. The van der Waals surface area contributed by atoms with Gasteiger partial charge in [0.2, 0.25) is 0 Å². The summed E-state index contributed by atoms with van der Waals surface area (Å²) in [6.07, 6.45) is -5.00. The summed E-state index contributed by atoms with van der Waals surface area (Å²) in [7, 11) is 0. The number of halogens is 8. The zero-order valence-corrected chi connectivity index (χ0v) is 16.1. The molecule has 4 aromatic carbocycles. The molecule has 0 saturated heterocycles. The Labute approximate surface area is 181 Å². The molecule has 0 aliphatic rings. The molecular weight excluding hydrogens is 452 g/mol. The Bertz CT molecular complexity index is 1560. The van der Waals surface area contributed by atoms with Gasteiger partial charge in [0, 0.05) is 16.9 Å². The summed E-state index contributed by atoms with van der Waals surface area (Å²) in [4.78, 5) is 0. The number of rotatable bonds is 0. The van der Waals surface area contributed by atoms with Gasteiger partial charge in [-0.2, -0.15) is 13.2 Å². The summed E-state index contributed by atoms with van der Waals surface area (Å²) in [5.74, 6) is 0.478. The highest BCUT2D eigenvalue weighted by molar-refractivity contribution is 5.87. The van der Waals surface area contributed by atoms with Crippen LogP contribution < -0.4 is 0 Å². The number of hydrogen-bond donors (Lipinski definition) is 0. The van der Waals surface area contributed by atoms with Crippen molar-refractivity contribution in [3.8, 4) is 23.7 Å². The maximum atomic E-state index is 14.7. The molecule has 0 aliphatic heterocycles. The van der Waals surface area contributed by atoms with E-state index < -0.39 is 51.8 Å². The molecule has 4 rings (SSSR count). The molecule has 0 fully saturated rings. The molecule has 0 heterocycles. The third-order valence-electron chi connectivity index (χ3n) is 4.68. The highest BCUT2D eigenvalue weighted by Crippen LogP contribution is 2.28. The van der Waals surface area contributed by atoms with E-state index in [0.29, 0.717) is 17.5 Å². The third kappa shape index (κ3) is 4.33. The minimum Gasteiger partial charge on any atom is -0.206 e. The van der Waals surface area contributed by atoms with Gasteiger partial charge in [0.25, 0.3) is 0 Å². The van der Waals surface area contributed by atoms with Crippen molar-refractivity contribution in [1.29, 1.82) is 0 Å². The van der Waals surface area contributed by atoms with Crippen molar-refractivity contribution in [2.24, 2.45) is 0 Å². The van der Waals surface area contributed by atoms with Crippen molar-refractivity contribution in [1.82, 2.24) is 0 Å². The maximum absolute atomic E-state index is 14.7. The summed E-state index contributed by atoms with van der Waals surface area (Å²) >= 11 is 0. The highest BCUT2D eigenvalue weighted by atomic mass is 19.4. The molecule has 0 radical (unpaired) electrons. The fourth-order valence-corrected chi connectivity index (χ4v) is 3.25. The molecule has 4 aromatic rings. The van der Waals surface area contributed by atoms with Crippen LogP contribution in [0.4, 0.5) is 35.1 Å². The van der Waals surface area contributed by atoms with Gasteiger partial charge < -0.3 is 0 Å². The molecule has 0 spiro atoms. The number of hydrogen-bond acceptors (Lipinski definition) is 0. The largest absolute Gasteiger partial charge is 0.458 e. The topological polar surface area (TPSA) is 0 Å². The SMILES string of the molecule is Fc1cc2ccccc2c(F)c1C#Cc1cc(F)c2c(F)c(C#CC(F)(F)F)c(F)cc2c1. The molecule has 0 unspecified atom stereocenters. The first-order valence-electron chi connectivity index (χ1n) is 9.15. The quantitative estimate of drug-likeness (QED) is 0.196. The lowest BCUT2D eigenvalue weighted by atomic mass is 10.0. The van der Waals surface area contributed by atoms with Crippen LogP contribution in [0.15, 0.2) is 48.5 Å². The minimum atomic E-state index is -5.00. The van der Waals surface area contributed by atoms with Crippen molar-refractivity contribution >= 4 is 21.5 Å². The molecule has 0 amide bonds. The lowest BCUT2D eigenvalue weighted by molar-refractivity contribution is -0.0696. The van der Waals surface area contributed by atoms with E-state index >= 15 is 0 Å². The summed E-state index contributed by atoms with van der Waals surface area (Å²) in [6.45, 7) is 0. The predicted molar refractivity (Wildman–Crippen MR) is 107 cm³/mol. The van der Waals surface area contributed by atoms with Gasteiger partial charge in [-0.25, -0.2) is 22.0 Å². The van der Waals surface area contributed by atoms with Gasteiger partial charge in [0.05, 0.1) is 16.5 Å². The van der Waals surface area contributed by atoms with E-state index in [2.05, 4.69) is 11.8 Å². The van der Waals surface area contributed by atoms with Crippen molar-refractivity contribution < 1.29 is 35.1 Å². The van der Waals surface area contributed by atoms with Crippen LogP contribution in [0.1, 0.15) is 16.7 Å². The number of alkyl halides is 3. The highest BCUT2D eigenvalue weighted by Gasteiger charge is 2.24. The van der Waals surface area contributed by atoms with Gasteiger partial charge in [0.15, 0.2) is 5.82 Å². The third-order valence-corrected chi connectivity index (χ3v) is 4.68. The summed E-state index contributed by atoms with van der Waals surface area (Å²) < 4.78 is 109. The summed E-state index contributed by atoms with van der Waals surface area (Å²) in [6, 6.07) is 9.52. The van der Waals surface area contributed by atoms with E-state index in [1.54, 1.807) is 12.1 Å². The average molecular weight is 460 g/mol. The van der Waals surface area contributed by atoms with Crippen molar-refractivity contribution in [2.45, 2.75) is 6.18 Å². The molecule has 0 aliphatic carbocycles. The first-order chi connectivity index (χ1) is 15.5. The molecule has 0 atom stereocenters. The second-order valence-corrected chi connectivity index (χ2v) is 6.87. The molecular formula is C25H8F8. The second kappa shape index (κ2) is 8.14. The number of fused-ring (bicyclic) bond motifs is 2. The van der Waals surface area contributed by atoms with Crippen LogP contribution in [0.25, 0.3) is 21.5 Å². The molecule has 164 valence electrons. The Morgan fingerprint density at radius 3 is 1.94 bits per heavy atom. The average Bonchev–Trinajstić information content (AvgIpc) is 2.72. The van der Waals surface area contributed by atoms with Crippen LogP contribution in [0.3, 0.4) is 0 Å². The van der Waals surface area contributed by atoms with Gasteiger partial charge in [-0.05, 0) is 35.0 Å². The molecule has 0 bridgehead atoms. The van der Waals surface area contributed by atoms with E-state index in [4.69, 9.17) is 0 Å². The standard InChI is InChI=1S/C25H8F8/c26-19-11-14-3-1-2-4-16(14)23(29)17(19)6-5-13-9-15-12-20(27)18(7-8-25(31,32)33)24(30)22(15)21(28)10-13/h1-4,9-12H. The molecule has 0 nitrogen and oxygen atoms in total. The van der Waals surface area contributed by atoms with Gasteiger partial charge in [-0.15, -0.1) is 0 Å². The van der Waals surface area contributed by atoms with E-state index in [0.717, 1.165) is 18.1 Å². The molecule has 0 aromatic heterocycles. The van der Waals surface area contributed by atoms with Crippen molar-refractivity contribution in [3.63, 3.8) is 0 Å². The zero-order valence-electron chi connectivity index (χ0n) is 16.1. The summed E-state index contributed by atoms with van der Waals surface area (Å²) in [5.41, 5.74) is -1.98. The van der Waals surface area contributed by atoms with E-state index in [1.165, 1.54) is 18.1 Å². The normalized spacial score (nSPS) is 11.2. The van der Waals surface area contributed by atoms with Gasteiger partial charge >= 0.3 is 6.18 Å². The van der Waals surface area contributed by atoms with Crippen molar-refractivity contribution in [3.05, 3.63) is 94.3 Å². The maximum Gasteiger partial charge on any atom is 0.458 e. The lowest BCUT2D eigenvalue weighted by Gasteiger charge is -2.06. The van der Waals surface area contributed by atoms with E-state index in [1.807, 2.05) is 0 Å². The zero-order chi connectivity index (χ0) is 23.9.